The van der Waals surface area contributed by atoms with Gasteiger partial charge in [-0.2, -0.15) is 0 Å². The molecule has 0 aliphatic rings. The van der Waals surface area contributed by atoms with Crippen LogP contribution in [0.2, 0.25) is 0 Å². The fourth-order valence-corrected chi connectivity index (χ4v) is 1.52. The molecule has 19 heavy (non-hydrogen) atoms. The van der Waals surface area contributed by atoms with Crippen LogP contribution in [0.1, 0.15) is 30.6 Å². The molecule has 0 aliphatic heterocycles. The van der Waals surface area contributed by atoms with Gasteiger partial charge >= 0.3 is 11.9 Å². The van der Waals surface area contributed by atoms with Gasteiger partial charge in [0.05, 0.1) is 12.2 Å². The van der Waals surface area contributed by atoms with Gasteiger partial charge in [0.25, 0.3) is 0 Å². The number of nitrogens with two attached hydrogens (primary N) is 2. The molecule has 6 nitrogen and oxygen atoms in total. The zero-order valence-corrected chi connectivity index (χ0v) is 11.0. The van der Waals surface area contributed by atoms with E-state index in [0.29, 0.717) is 17.8 Å². The maximum Gasteiger partial charge on any atom is 0.347 e. The van der Waals surface area contributed by atoms with Crippen LogP contribution in [0.3, 0.4) is 0 Å². The van der Waals surface area contributed by atoms with Crippen LogP contribution in [0.15, 0.2) is 18.2 Å². The quantitative estimate of drug-likeness (QED) is 0.615. The van der Waals surface area contributed by atoms with Gasteiger partial charge in [0.1, 0.15) is 0 Å². The number of hydrogen-bond donors (Lipinski definition) is 2. The Morgan fingerprint density at radius 1 is 1.16 bits per heavy atom. The summed E-state index contributed by atoms with van der Waals surface area (Å²) in [6.07, 6.45) is -0.586. The largest absolute Gasteiger partial charge is 0.463 e. The van der Waals surface area contributed by atoms with Crippen molar-refractivity contribution in [3.05, 3.63) is 23.8 Å². The lowest BCUT2D eigenvalue weighted by atomic mass is 10.1. The van der Waals surface area contributed by atoms with E-state index in [1.165, 1.54) is 18.2 Å². The molecule has 1 aromatic carbocycles. The molecular weight excluding hydrogens is 248 g/mol. The molecule has 1 rings (SSSR count). The Balaban J connectivity index is 2.79. The molecule has 1 aromatic rings. The van der Waals surface area contributed by atoms with E-state index in [9.17, 15) is 9.59 Å². The number of anilines is 2. The Morgan fingerprint density at radius 2 is 1.74 bits per heavy atom. The van der Waals surface area contributed by atoms with Crippen molar-refractivity contribution in [1.82, 2.24) is 0 Å². The standard InChI is InChI=1S/C13H18N2O4/c1-3-11(13(17)18-4-2)19-12(16)8-5-9(14)7-10(15)6-8/h5-7,11H,3-4,14-15H2,1-2H3. The number of rotatable bonds is 5. The molecule has 104 valence electrons. The van der Waals surface area contributed by atoms with Crippen molar-refractivity contribution < 1.29 is 19.1 Å². The number of carbonyl (C=O) groups is 2. The van der Waals surface area contributed by atoms with Crippen LogP contribution in [-0.4, -0.2) is 24.6 Å². The van der Waals surface area contributed by atoms with Gasteiger partial charge in [-0.05, 0) is 31.5 Å². The molecular formula is C13H18N2O4. The molecule has 0 spiro atoms. The minimum Gasteiger partial charge on any atom is -0.463 e. The molecule has 1 atom stereocenters. The smallest absolute Gasteiger partial charge is 0.347 e. The predicted molar refractivity (Wildman–Crippen MR) is 71.4 cm³/mol. The van der Waals surface area contributed by atoms with Crippen LogP contribution in [0.4, 0.5) is 11.4 Å². The van der Waals surface area contributed by atoms with Crippen molar-refractivity contribution in [3.63, 3.8) is 0 Å². The van der Waals surface area contributed by atoms with E-state index < -0.39 is 18.0 Å². The van der Waals surface area contributed by atoms with Crippen molar-refractivity contribution in [2.45, 2.75) is 26.4 Å². The molecule has 4 N–H and O–H groups in total. The van der Waals surface area contributed by atoms with E-state index in [0.717, 1.165) is 0 Å². The summed E-state index contributed by atoms with van der Waals surface area (Å²) in [7, 11) is 0. The highest BCUT2D eigenvalue weighted by atomic mass is 16.6. The minimum absolute atomic E-state index is 0.209. The van der Waals surface area contributed by atoms with Gasteiger partial charge in [-0.15, -0.1) is 0 Å². The summed E-state index contributed by atoms with van der Waals surface area (Å²) in [6.45, 7) is 3.64. The second-order valence-electron chi connectivity index (χ2n) is 3.94. The maximum absolute atomic E-state index is 11.9. The fourth-order valence-electron chi connectivity index (χ4n) is 1.52. The van der Waals surface area contributed by atoms with E-state index in [2.05, 4.69) is 0 Å². The molecule has 0 amide bonds. The molecule has 0 aliphatic carbocycles. The highest BCUT2D eigenvalue weighted by Crippen LogP contribution is 2.16. The molecule has 0 fully saturated rings. The van der Waals surface area contributed by atoms with Gasteiger partial charge < -0.3 is 20.9 Å². The van der Waals surface area contributed by atoms with E-state index in [1.807, 2.05) is 0 Å². The SMILES string of the molecule is CCOC(=O)C(CC)OC(=O)c1cc(N)cc(N)c1. The average Bonchev–Trinajstić information content (AvgIpc) is 2.34. The Morgan fingerprint density at radius 3 is 2.21 bits per heavy atom. The van der Waals surface area contributed by atoms with Crippen molar-refractivity contribution in [3.8, 4) is 0 Å². The third-order valence-electron chi connectivity index (χ3n) is 2.38. The summed E-state index contributed by atoms with van der Waals surface area (Å²) < 4.78 is 9.90. The summed E-state index contributed by atoms with van der Waals surface area (Å²) in [5.41, 5.74) is 12.1. The summed E-state index contributed by atoms with van der Waals surface area (Å²) in [4.78, 5) is 23.4. The summed E-state index contributed by atoms with van der Waals surface area (Å²) in [5, 5.41) is 0. The fraction of sp³-hybridized carbons (Fsp3) is 0.385. The highest BCUT2D eigenvalue weighted by Gasteiger charge is 2.23. The Hall–Kier alpha value is -2.24. The molecule has 1 unspecified atom stereocenters. The minimum atomic E-state index is -0.921. The van der Waals surface area contributed by atoms with Gasteiger partial charge in [-0.1, -0.05) is 6.92 Å². The van der Waals surface area contributed by atoms with E-state index >= 15 is 0 Å². The number of nitrogen functional groups attached to an aromatic ring is 2. The van der Waals surface area contributed by atoms with E-state index in [1.54, 1.807) is 13.8 Å². The summed E-state index contributed by atoms with van der Waals surface area (Å²) >= 11 is 0. The first-order valence-electron chi connectivity index (χ1n) is 6.01. The predicted octanol–water partition coefficient (Wildman–Crippen LogP) is 1.35. The van der Waals surface area contributed by atoms with Crippen LogP contribution in [0, 0.1) is 0 Å². The molecule has 6 heteroatoms. The third kappa shape index (κ3) is 4.17. The normalized spacial score (nSPS) is 11.7. The number of ether oxygens (including phenoxy) is 2. The second kappa shape index (κ2) is 6.63. The second-order valence-corrected chi connectivity index (χ2v) is 3.94. The maximum atomic E-state index is 11.9. The van der Waals surface area contributed by atoms with Crippen LogP contribution in [0.5, 0.6) is 0 Å². The third-order valence-corrected chi connectivity index (χ3v) is 2.38. The monoisotopic (exact) mass is 266 g/mol. The van der Waals surface area contributed by atoms with Crippen molar-refractivity contribution >= 4 is 23.3 Å². The van der Waals surface area contributed by atoms with Crippen molar-refractivity contribution in [2.24, 2.45) is 0 Å². The zero-order valence-electron chi connectivity index (χ0n) is 11.0. The Labute approximate surface area is 111 Å². The molecule has 0 heterocycles. The van der Waals surface area contributed by atoms with Crippen LogP contribution < -0.4 is 11.5 Å². The Kier molecular flexibility index (Phi) is 5.17. The van der Waals surface area contributed by atoms with Gasteiger partial charge in [0, 0.05) is 11.4 Å². The first-order chi connectivity index (χ1) is 8.97. The lowest BCUT2D eigenvalue weighted by molar-refractivity contribution is -0.153. The van der Waals surface area contributed by atoms with Crippen LogP contribution >= 0.6 is 0 Å². The number of benzene rings is 1. The zero-order chi connectivity index (χ0) is 14.4. The van der Waals surface area contributed by atoms with Crippen molar-refractivity contribution in [2.75, 3.05) is 18.1 Å². The first kappa shape index (κ1) is 14.8. The van der Waals surface area contributed by atoms with Crippen LogP contribution in [0.25, 0.3) is 0 Å². The number of carbonyl (C=O) groups excluding carboxylic acids is 2. The number of esters is 2. The topological polar surface area (TPSA) is 105 Å². The van der Waals surface area contributed by atoms with Gasteiger partial charge in [-0.3, -0.25) is 0 Å². The number of hydrogen-bond acceptors (Lipinski definition) is 6. The Bertz CT molecular complexity index is 453. The van der Waals surface area contributed by atoms with E-state index in [4.69, 9.17) is 20.9 Å². The average molecular weight is 266 g/mol. The lowest BCUT2D eigenvalue weighted by Crippen LogP contribution is -2.28. The van der Waals surface area contributed by atoms with Crippen LogP contribution in [-0.2, 0) is 14.3 Å². The molecule has 0 saturated heterocycles. The van der Waals surface area contributed by atoms with Gasteiger partial charge in [0.15, 0.2) is 6.10 Å². The highest BCUT2D eigenvalue weighted by molar-refractivity contribution is 5.93. The van der Waals surface area contributed by atoms with Crippen molar-refractivity contribution in [1.29, 1.82) is 0 Å². The van der Waals surface area contributed by atoms with E-state index in [-0.39, 0.29) is 12.2 Å². The lowest BCUT2D eigenvalue weighted by Gasteiger charge is -2.15. The summed E-state index contributed by atoms with van der Waals surface area (Å²) in [5.74, 6) is -1.21. The molecule has 0 radical (unpaired) electrons. The summed E-state index contributed by atoms with van der Waals surface area (Å²) in [6, 6.07) is 4.41. The van der Waals surface area contributed by atoms with Gasteiger partial charge in [-0.25, -0.2) is 9.59 Å². The first-order valence-corrected chi connectivity index (χ1v) is 6.01. The molecule has 0 bridgehead atoms. The van der Waals surface area contributed by atoms with Gasteiger partial charge in [0.2, 0.25) is 0 Å². The molecule has 0 saturated carbocycles. The molecule has 0 aromatic heterocycles.